The summed E-state index contributed by atoms with van der Waals surface area (Å²) in [6.07, 6.45) is -2.13. The number of nitrogens with one attached hydrogen (secondary N) is 2. The largest absolute Gasteiger partial charge is 0.462 e. The molecular formula is C60H79F7N14O14P2. The van der Waals surface area contributed by atoms with Crippen LogP contribution >= 0.6 is 15.3 Å². The van der Waals surface area contributed by atoms with Crippen LogP contribution in [0.5, 0.6) is 11.5 Å². The fourth-order valence-corrected chi connectivity index (χ4v) is 13.9. The fourth-order valence-electron chi connectivity index (χ4n) is 10.4. The lowest BCUT2D eigenvalue weighted by Gasteiger charge is -2.25. The number of aromatic nitrogens is 8. The van der Waals surface area contributed by atoms with Crippen LogP contribution in [-0.2, 0) is 42.2 Å². The number of imidazole rings is 2. The third-order valence-corrected chi connectivity index (χ3v) is 19.6. The molecule has 28 nitrogen and oxygen atoms in total. The number of carbonyl (C=O) groups excluding carboxylic acids is 2. The third kappa shape index (κ3) is 16.0. The van der Waals surface area contributed by atoms with E-state index >= 15 is 8.78 Å². The first kappa shape index (κ1) is 73.4. The number of esters is 2. The maximum absolute atomic E-state index is 16.2. The first-order valence-electron chi connectivity index (χ1n) is 30.5. The van der Waals surface area contributed by atoms with Crippen LogP contribution in [0, 0.1) is 29.1 Å². The predicted octanol–water partition coefficient (Wildman–Crippen LogP) is 7.81. The zero-order valence-electron chi connectivity index (χ0n) is 54.1. The molecule has 2 aliphatic heterocycles. The summed E-state index contributed by atoms with van der Waals surface area (Å²) in [4.78, 5) is 54.2. The molecule has 3 aromatic carbocycles. The number of halogens is 7. The van der Waals surface area contributed by atoms with E-state index in [1.807, 2.05) is 29.0 Å². The van der Waals surface area contributed by atoms with Crippen molar-refractivity contribution < 1.29 is 100 Å². The van der Waals surface area contributed by atoms with Gasteiger partial charge in [0, 0.05) is 29.0 Å². The van der Waals surface area contributed by atoms with Gasteiger partial charge in [0.25, 0.3) is 0 Å². The van der Waals surface area contributed by atoms with Crippen molar-refractivity contribution in [3.63, 3.8) is 0 Å². The lowest BCUT2D eigenvalue weighted by Crippen LogP contribution is -2.41. The van der Waals surface area contributed by atoms with Crippen molar-refractivity contribution in [2.24, 2.45) is 0 Å². The summed E-state index contributed by atoms with van der Waals surface area (Å²) >= 11 is 0. The number of hydrogen-bond donors (Lipinski definition) is 7. The van der Waals surface area contributed by atoms with Gasteiger partial charge in [-0.05, 0) is 105 Å². The number of nitrogens with two attached hydrogens (primary N) is 2. The van der Waals surface area contributed by atoms with Gasteiger partial charge in [0.2, 0.25) is 17.7 Å². The van der Waals surface area contributed by atoms with Gasteiger partial charge in [-0.2, -0.15) is 25.0 Å². The zero-order chi connectivity index (χ0) is 71.0. The molecule has 4 aromatic heterocycles. The predicted molar refractivity (Wildman–Crippen MR) is 341 cm³/mol. The minimum Gasteiger partial charge on any atom is -0.462 e. The van der Waals surface area contributed by atoms with Crippen LogP contribution in [0.25, 0.3) is 22.3 Å². The van der Waals surface area contributed by atoms with Crippen LogP contribution in [0.1, 0.15) is 96.4 Å². The van der Waals surface area contributed by atoms with Crippen molar-refractivity contribution >= 4 is 78.4 Å². The second-order valence-electron chi connectivity index (χ2n) is 24.3. The Morgan fingerprint density at radius 1 is 0.649 bits per heavy atom. The Kier molecular flexibility index (Phi) is 22.2. The molecule has 6 heterocycles. The van der Waals surface area contributed by atoms with E-state index in [0.717, 1.165) is 32.6 Å². The number of anilines is 4. The molecule has 12 atom stereocenters. The smallest absolute Gasteiger partial charge is 0.459 e. The molecule has 7 aromatic rings. The Morgan fingerprint density at radius 3 is 1.44 bits per heavy atom. The Labute approximate surface area is 554 Å². The molecule has 0 spiro atoms. The monoisotopic (exact) mass is 1410 g/mol. The molecule has 9 N–H and O–H groups in total. The van der Waals surface area contributed by atoms with E-state index in [1.54, 1.807) is 50.2 Å². The van der Waals surface area contributed by atoms with Gasteiger partial charge in [0.15, 0.2) is 81.0 Å². The Balaban J connectivity index is 0.000000216. The molecule has 0 unspecified atom stereocenters. The van der Waals surface area contributed by atoms with Crippen molar-refractivity contribution in [1.82, 2.24) is 49.2 Å². The highest BCUT2D eigenvalue weighted by Gasteiger charge is 2.57. The number of benzene rings is 3. The van der Waals surface area contributed by atoms with E-state index in [0.29, 0.717) is 40.4 Å². The molecule has 11 rings (SSSR count). The number of hydrogen-bond acceptors (Lipinski definition) is 24. The summed E-state index contributed by atoms with van der Waals surface area (Å²) in [6, 6.07) is 13.2. The summed E-state index contributed by atoms with van der Waals surface area (Å²) in [7, 11) is -5.54. The molecular weight excluding hydrogens is 1340 g/mol. The van der Waals surface area contributed by atoms with Crippen molar-refractivity contribution in [1.29, 1.82) is 0 Å². The maximum atomic E-state index is 16.2. The number of rotatable bonds is 23. The van der Waals surface area contributed by atoms with E-state index in [9.17, 15) is 56.0 Å². The van der Waals surface area contributed by atoms with E-state index in [-0.39, 0.29) is 31.9 Å². The third-order valence-electron chi connectivity index (χ3n) is 15.8. The number of carbonyl (C=O) groups is 2. The molecule has 97 heavy (non-hydrogen) atoms. The highest BCUT2D eigenvalue weighted by Crippen LogP contribution is 2.50. The Hall–Kier alpha value is -7.85. The van der Waals surface area contributed by atoms with Gasteiger partial charge in [-0.1, -0.05) is 36.4 Å². The molecule has 2 saturated heterocycles. The summed E-state index contributed by atoms with van der Waals surface area (Å²) in [5, 5.41) is 33.3. The lowest BCUT2D eigenvalue weighted by atomic mass is 9.98. The zero-order valence-corrected chi connectivity index (χ0v) is 55.9. The van der Waals surface area contributed by atoms with Crippen LogP contribution in [0.4, 0.5) is 54.3 Å². The number of aliphatic hydroxyl groups is 3. The average Bonchev–Trinajstić information content (AvgIpc) is 1.72. The Morgan fingerprint density at radius 2 is 1.04 bits per heavy atom. The van der Waals surface area contributed by atoms with Crippen LogP contribution in [0.3, 0.4) is 0 Å². The number of nitrogen functional groups attached to an aromatic ring is 2. The fraction of sp³-hybridized carbons (Fsp3) is 0.500. The Bertz CT molecular complexity index is 4050. The van der Waals surface area contributed by atoms with Crippen molar-refractivity contribution in [3.8, 4) is 11.5 Å². The lowest BCUT2D eigenvalue weighted by molar-refractivity contribution is -0.149. The number of nitrogens with zero attached hydrogens (tertiary/aromatic N) is 10. The quantitative estimate of drug-likeness (QED) is 0.0105. The minimum absolute atomic E-state index is 0. The second kappa shape index (κ2) is 29.3. The minimum atomic E-state index is -5.04. The van der Waals surface area contributed by atoms with E-state index in [4.69, 9.17) is 44.0 Å². The van der Waals surface area contributed by atoms with Gasteiger partial charge >= 0.3 is 27.2 Å². The van der Waals surface area contributed by atoms with Crippen molar-refractivity contribution in [2.45, 2.75) is 166 Å². The van der Waals surface area contributed by atoms with Crippen LogP contribution in [0.2, 0.25) is 0 Å². The van der Waals surface area contributed by atoms with Gasteiger partial charge in [-0.25, -0.2) is 50.4 Å². The highest BCUT2D eigenvalue weighted by molar-refractivity contribution is 7.65. The van der Waals surface area contributed by atoms with E-state index in [1.165, 1.54) is 80.7 Å². The molecule has 0 bridgehead atoms. The molecule has 4 aliphatic rings. The van der Waals surface area contributed by atoms with Crippen LogP contribution in [0.15, 0.2) is 73.3 Å². The summed E-state index contributed by atoms with van der Waals surface area (Å²) < 4.78 is 169. The van der Waals surface area contributed by atoms with Gasteiger partial charge in [-0.3, -0.25) is 27.8 Å². The first-order valence-corrected chi connectivity index (χ1v) is 33.7. The molecule has 4 fully saturated rings. The number of para-hydroxylation sites is 2. The highest BCUT2D eigenvalue weighted by atomic mass is 31.2. The summed E-state index contributed by atoms with van der Waals surface area (Å²) in [5.41, 5.74) is 8.83. The molecule has 0 amide bonds. The normalized spacial score (nSPS) is 24.1. The van der Waals surface area contributed by atoms with Gasteiger partial charge in [0.1, 0.15) is 53.3 Å². The first-order chi connectivity index (χ1) is 45.6. The molecule has 2 saturated carbocycles. The van der Waals surface area contributed by atoms with E-state index in [2.05, 4.69) is 35.0 Å². The van der Waals surface area contributed by atoms with Crippen molar-refractivity contribution in [3.05, 3.63) is 102 Å². The number of alkyl halides is 2. The topological polar surface area (TPSA) is 363 Å². The standard InChI is InChI=1S/C27H37FN7O7P.C18H17F5NO4P.C15H21FN6O3.2H2/c1-15(2)40-24(37)16(3)33-43(38,42-18-9-7-6-8-10-18)39-13-19-21(36)27(4,28)25(41-19)35-14-30-20-22(34(5)17-11-12-17)31-26(29)32-23(20)35;1-9(2)27-18(25)10(3)24-29(26,28-11-7-5-4-6-8-11)17-15(22)13(20)12(19)14(21)16(17)23;1-15(16)10(24)8(5-23)25-13(15)22-6-18-9-11(21(2)7-3-4-7)19-14(17)20-12(9)22;;/h6-10,14-17,19,21,25,36H,11-13H2,1-5H3,(H,33,38)(H2,29,31,32);4-10H,1-3H3,(H,24,26);6-8,10,13,23-24H,3-5H2,1-2H3,(H2,17,19,20);2*1H/t16-,19+,21+,25+,27+,43-;10-,29+;8-,10-,13-,15-;;/m001../s1. The average molecular weight is 1420 g/mol. The summed E-state index contributed by atoms with van der Waals surface area (Å²) in [5.74, 6) is -12.2. The van der Waals surface area contributed by atoms with Gasteiger partial charge < -0.3 is 64.6 Å². The molecule has 532 valence electrons. The van der Waals surface area contributed by atoms with Gasteiger partial charge in [0.05, 0.1) is 38.1 Å². The van der Waals surface area contributed by atoms with Crippen LogP contribution in [-0.4, -0.2) is 166 Å². The summed E-state index contributed by atoms with van der Waals surface area (Å²) in [6.45, 7) is 10.3. The molecule has 37 heteroatoms. The number of ether oxygens (including phenoxy) is 4. The van der Waals surface area contributed by atoms with Crippen molar-refractivity contribution in [2.75, 3.05) is 48.6 Å². The maximum Gasteiger partial charge on any atom is 0.459 e. The van der Waals surface area contributed by atoms with Gasteiger partial charge in [-0.15, -0.1) is 0 Å². The molecule has 0 radical (unpaired) electrons. The van der Waals surface area contributed by atoms with Crippen LogP contribution < -0.4 is 45.8 Å². The number of fused-ring (bicyclic) bond motifs is 2. The SMILES string of the molecule is CC(C)OC(=O)[C@H](C)N[P@](=O)(OC[C@H]1O[C@@H](n2cnc3c(N(C)C4CC4)nc(N)nc32)[C@](C)(F)[C@@H]1O)Oc1ccccc1.CC(C)OC(=O)[C@H](C)N[P@](=O)(Oc1ccccc1)c1c(F)c(F)c(F)c(F)c1F.CN(c1nc(N)nc2c1ncn2[C@@H]1O[C@H](CO)[C@@H](O)[C@@]1(C)F)C1CC1.[HH].[HH]. The second-order valence-corrected chi connectivity index (χ2v) is 28.0. The van der Waals surface area contributed by atoms with E-state index < -0.39 is 147 Å². The molecule has 2 aliphatic carbocycles. The number of aliphatic hydroxyl groups excluding tert-OH is 3.